The van der Waals surface area contributed by atoms with Crippen LogP contribution in [0.5, 0.6) is 0 Å². The predicted molar refractivity (Wildman–Crippen MR) is 114 cm³/mol. The maximum Gasteiger partial charge on any atom is 0.113 e. The van der Waals surface area contributed by atoms with Crippen LogP contribution in [0.1, 0.15) is 62.8 Å². The lowest BCUT2D eigenvalue weighted by Crippen LogP contribution is -2.68. The molecule has 7 unspecified atom stereocenters. The molecule has 0 aromatic carbocycles. The molecule has 0 bridgehead atoms. The van der Waals surface area contributed by atoms with E-state index in [1.54, 1.807) is 5.57 Å². The maximum absolute atomic E-state index is 7.47. The van der Waals surface area contributed by atoms with E-state index in [0.717, 1.165) is 39.0 Å². The smallest absolute Gasteiger partial charge is 0.113 e. The Kier molecular flexibility index (Phi) is 6.15. The Morgan fingerprint density at radius 2 is 2.21 bits per heavy atom. The van der Waals surface area contributed by atoms with Gasteiger partial charge in [-0.05, 0) is 70.9 Å². The van der Waals surface area contributed by atoms with Gasteiger partial charge < -0.3 is 15.4 Å². The largest absolute Gasteiger partial charge is 0.377 e. The maximum atomic E-state index is 7.47. The first-order valence-electron chi connectivity index (χ1n) is 12.9. The van der Waals surface area contributed by atoms with Gasteiger partial charge in [0.1, 0.15) is 6.29 Å². The van der Waals surface area contributed by atoms with E-state index in [9.17, 15) is 0 Å². The molecular weight excluding hydrogens is 350 g/mol. The van der Waals surface area contributed by atoms with Crippen molar-refractivity contribution in [2.24, 2.45) is 11.8 Å². The van der Waals surface area contributed by atoms with Crippen molar-refractivity contribution < 1.29 is 8.85 Å². The van der Waals surface area contributed by atoms with Crippen LogP contribution in [-0.2, 0) is 4.74 Å². The number of nitrogens with one attached hydrogen (secondary N) is 5. The fourth-order valence-corrected chi connectivity index (χ4v) is 5.75. The predicted octanol–water partition coefficient (Wildman–Crippen LogP) is 1.65. The van der Waals surface area contributed by atoms with Crippen molar-refractivity contribution in [1.82, 2.24) is 26.6 Å². The highest BCUT2D eigenvalue weighted by molar-refractivity contribution is 5.15. The Morgan fingerprint density at radius 1 is 1.25 bits per heavy atom. The first-order valence-corrected chi connectivity index (χ1v) is 11.4. The van der Waals surface area contributed by atoms with Crippen LogP contribution in [0.4, 0.5) is 0 Å². The highest BCUT2D eigenvalue weighted by atomic mass is 16.5. The summed E-state index contributed by atoms with van der Waals surface area (Å²) in [6.07, 6.45) is 10.7. The molecule has 0 radical (unpaired) electrons. The fraction of sp³-hybridized carbons (Fsp3) is 0.909. The minimum Gasteiger partial charge on any atom is -0.377 e. The summed E-state index contributed by atoms with van der Waals surface area (Å²) in [7, 11) is 0. The molecule has 0 aromatic heterocycles. The third-order valence-electron chi connectivity index (χ3n) is 6.98. The molecule has 0 aromatic rings. The van der Waals surface area contributed by atoms with Gasteiger partial charge in [0, 0.05) is 35.3 Å². The van der Waals surface area contributed by atoms with Gasteiger partial charge in [-0.1, -0.05) is 18.5 Å². The van der Waals surface area contributed by atoms with E-state index in [4.69, 9.17) is 8.85 Å². The summed E-state index contributed by atoms with van der Waals surface area (Å²) >= 11 is 0. The molecule has 0 spiro atoms. The fourth-order valence-electron chi connectivity index (χ4n) is 5.75. The van der Waals surface area contributed by atoms with Crippen LogP contribution < -0.4 is 26.6 Å². The van der Waals surface area contributed by atoms with Crippen LogP contribution in [0.15, 0.2) is 11.6 Å². The van der Waals surface area contributed by atoms with Crippen LogP contribution in [0, 0.1) is 11.8 Å². The molecule has 3 heterocycles. The molecule has 0 amide bonds. The van der Waals surface area contributed by atoms with E-state index in [0.29, 0.717) is 30.0 Å². The van der Waals surface area contributed by atoms with Gasteiger partial charge in [0.25, 0.3) is 0 Å². The molecule has 160 valence electrons. The standard InChI is InChI=1S/C22H41N5O/c1-3-24-20-12-15(2)25-22(27-20)26-18-13-17-7-5-11-28-21(17)19(14-18)16-6-4-9-23-10-8-16/h8,15,17-27H,3-7,9-14H2,1-2H3/i1D3. The average molecular weight is 395 g/mol. The Hall–Kier alpha value is -0.500. The van der Waals surface area contributed by atoms with Crippen molar-refractivity contribution in [3.8, 4) is 0 Å². The van der Waals surface area contributed by atoms with Crippen molar-refractivity contribution >= 4 is 0 Å². The van der Waals surface area contributed by atoms with E-state index in [1.807, 2.05) is 0 Å². The van der Waals surface area contributed by atoms with Crippen molar-refractivity contribution in [2.45, 2.75) is 89.4 Å². The average Bonchev–Trinajstić information content (AvgIpc) is 3.00. The van der Waals surface area contributed by atoms with Crippen molar-refractivity contribution in [3.05, 3.63) is 11.6 Å². The van der Waals surface area contributed by atoms with Gasteiger partial charge in [0.05, 0.1) is 12.3 Å². The molecule has 2 saturated heterocycles. The Labute approximate surface area is 175 Å². The van der Waals surface area contributed by atoms with Crippen LogP contribution in [0.3, 0.4) is 0 Å². The summed E-state index contributed by atoms with van der Waals surface area (Å²) in [4.78, 5) is 0. The second kappa shape index (κ2) is 10.0. The zero-order valence-electron chi connectivity index (χ0n) is 20.3. The lowest BCUT2D eigenvalue weighted by molar-refractivity contribution is -0.0798. The van der Waals surface area contributed by atoms with E-state index < -0.39 is 6.85 Å². The van der Waals surface area contributed by atoms with E-state index in [2.05, 4.69) is 39.6 Å². The summed E-state index contributed by atoms with van der Waals surface area (Å²) in [6, 6.07) is 0.734. The van der Waals surface area contributed by atoms with Crippen LogP contribution >= 0.6 is 0 Å². The molecule has 1 saturated carbocycles. The summed E-state index contributed by atoms with van der Waals surface area (Å²) in [6.45, 7) is 3.22. The summed E-state index contributed by atoms with van der Waals surface area (Å²) in [5.74, 6) is 1.12. The third kappa shape index (κ3) is 5.15. The first-order chi connectivity index (χ1) is 14.9. The topological polar surface area (TPSA) is 69.4 Å². The molecule has 3 fully saturated rings. The quantitative estimate of drug-likeness (QED) is 0.457. The van der Waals surface area contributed by atoms with Crippen LogP contribution in [0.2, 0.25) is 0 Å². The van der Waals surface area contributed by atoms with Crippen molar-refractivity contribution in [2.75, 3.05) is 26.2 Å². The van der Waals surface area contributed by atoms with Crippen molar-refractivity contribution in [1.29, 1.82) is 0 Å². The molecule has 6 nitrogen and oxygen atoms in total. The second-order valence-electron chi connectivity index (χ2n) is 9.10. The molecule has 4 aliphatic rings. The van der Waals surface area contributed by atoms with Gasteiger partial charge in [0.15, 0.2) is 0 Å². The Morgan fingerprint density at radius 3 is 3.14 bits per heavy atom. The zero-order chi connectivity index (χ0) is 21.8. The van der Waals surface area contributed by atoms with Gasteiger partial charge in [-0.15, -0.1) is 0 Å². The van der Waals surface area contributed by atoms with E-state index >= 15 is 0 Å². The lowest BCUT2D eigenvalue weighted by Gasteiger charge is -2.47. The van der Waals surface area contributed by atoms with Gasteiger partial charge in [-0.25, -0.2) is 0 Å². The Bertz CT molecular complexity index is 616. The second-order valence-corrected chi connectivity index (χ2v) is 9.10. The normalized spacial score (nSPS) is 44.4. The molecule has 4 rings (SSSR count). The molecule has 3 aliphatic heterocycles. The molecule has 28 heavy (non-hydrogen) atoms. The van der Waals surface area contributed by atoms with Crippen molar-refractivity contribution in [3.63, 3.8) is 0 Å². The minimum absolute atomic E-state index is 0.00466. The zero-order valence-corrected chi connectivity index (χ0v) is 17.3. The summed E-state index contributed by atoms with van der Waals surface area (Å²) in [5, 5.41) is 17.7. The van der Waals surface area contributed by atoms with Crippen LogP contribution in [-0.4, -0.2) is 56.9 Å². The minimum atomic E-state index is -1.95. The van der Waals surface area contributed by atoms with Gasteiger partial charge in [-0.2, -0.15) is 0 Å². The van der Waals surface area contributed by atoms with E-state index in [1.165, 1.54) is 25.7 Å². The number of fused-ring (bicyclic) bond motifs is 1. The Balaban J connectivity index is 1.39. The highest BCUT2D eigenvalue weighted by Crippen LogP contribution is 2.42. The summed E-state index contributed by atoms with van der Waals surface area (Å²) < 4.78 is 28.7. The van der Waals surface area contributed by atoms with Gasteiger partial charge in [-0.3, -0.25) is 16.0 Å². The first kappa shape index (κ1) is 17.2. The number of hydrogen-bond acceptors (Lipinski definition) is 6. The number of hydrogen-bond donors (Lipinski definition) is 5. The van der Waals surface area contributed by atoms with Gasteiger partial charge in [0.2, 0.25) is 0 Å². The molecule has 6 heteroatoms. The molecular formula is C22H41N5O. The SMILES string of the molecule is [2H]C([2H])([2H])CNC1CC(C)NC(NC2CC3CCCOC3C(C3=CCNCCC3)C2)N1. The highest BCUT2D eigenvalue weighted by Gasteiger charge is 2.42. The van der Waals surface area contributed by atoms with Crippen LogP contribution in [0.25, 0.3) is 0 Å². The molecule has 7 atom stereocenters. The van der Waals surface area contributed by atoms with Gasteiger partial charge >= 0.3 is 0 Å². The summed E-state index contributed by atoms with van der Waals surface area (Å²) in [5.41, 5.74) is 1.59. The number of rotatable bonds is 5. The number of ether oxygens (including phenoxy) is 1. The lowest BCUT2D eigenvalue weighted by atomic mass is 9.70. The molecule has 5 N–H and O–H groups in total. The molecule has 1 aliphatic carbocycles. The van der Waals surface area contributed by atoms with E-state index in [-0.39, 0.29) is 19.0 Å². The third-order valence-corrected chi connectivity index (χ3v) is 6.98. The monoisotopic (exact) mass is 394 g/mol.